The molecule has 22 heavy (non-hydrogen) atoms. The number of carbonyl (C=O) groups is 1. The van der Waals surface area contributed by atoms with Gasteiger partial charge in [0.2, 0.25) is 11.9 Å². The van der Waals surface area contributed by atoms with Crippen molar-refractivity contribution in [2.45, 2.75) is 6.10 Å². The normalized spacial score (nSPS) is 14.4. The summed E-state index contributed by atoms with van der Waals surface area (Å²) in [5.74, 6) is 0.750. The Morgan fingerprint density at radius 1 is 1.36 bits per heavy atom. The molecule has 1 saturated heterocycles. The average Bonchev–Trinajstić information content (AvgIpc) is 2.51. The van der Waals surface area contributed by atoms with E-state index < -0.39 is 0 Å². The number of anilines is 3. The van der Waals surface area contributed by atoms with Gasteiger partial charge in [-0.1, -0.05) is 6.07 Å². The molecular formula is C14H16N6O2. The lowest BCUT2D eigenvalue weighted by Gasteiger charge is -2.35. The fourth-order valence-corrected chi connectivity index (χ4v) is 2.13. The first-order valence-corrected chi connectivity index (χ1v) is 6.87. The zero-order valence-electron chi connectivity index (χ0n) is 12.0. The van der Waals surface area contributed by atoms with Crippen molar-refractivity contribution in [3.05, 3.63) is 36.2 Å². The van der Waals surface area contributed by atoms with E-state index in [1.807, 2.05) is 11.0 Å². The Bertz CT molecular complexity index is 687. The minimum absolute atomic E-state index is 0.158. The number of aliphatic hydroxyl groups excluding tert-OH is 1. The van der Waals surface area contributed by atoms with Crippen molar-refractivity contribution in [2.24, 2.45) is 0 Å². The van der Waals surface area contributed by atoms with Crippen molar-refractivity contribution in [3.63, 3.8) is 0 Å². The van der Waals surface area contributed by atoms with Crippen LogP contribution in [-0.2, 0) is 0 Å². The molecule has 2 heterocycles. The van der Waals surface area contributed by atoms with Gasteiger partial charge < -0.3 is 20.6 Å². The highest BCUT2D eigenvalue weighted by Gasteiger charge is 2.26. The van der Waals surface area contributed by atoms with Crippen LogP contribution >= 0.6 is 0 Å². The van der Waals surface area contributed by atoms with Crippen LogP contribution in [0.4, 0.5) is 17.6 Å². The summed E-state index contributed by atoms with van der Waals surface area (Å²) in [6.45, 7) is 1.05. The molecule has 1 aromatic carbocycles. The van der Waals surface area contributed by atoms with Crippen molar-refractivity contribution < 1.29 is 9.90 Å². The Morgan fingerprint density at radius 2 is 2.18 bits per heavy atom. The first kappa shape index (κ1) is 14.2. The molecule has 0 radical (unpaired) electrons. The van der Waals surface area contributed by atoms with Gasteiger partial charge in [0.05, 0.1) is 6.10 Å². The third-order valence-electron chi connectivity index (χ3n) is 3.31. The Kier molecular flexibility index (Phi) is 3.84. The molecule has 3 rings (SSSR count). The van der Waals surface area contributed by atoms with E-state index in [-0.39, 0.29) is 12.0 Å². The highest BCUT2D eigenvalue weighted by molar-refractivity contribution is 5.95. The van der Waals surface area contributed by atoms with Crippen LogP contribution in [0, 0.1) is 0 Å². The summed E-state index contributed by atoms with van der Waals surface area (Å²) >= 11 is 0. The predicted molar refractivity (Wildman–Crippen MR) is 81.2 cm³/mol. The number of nitrogens with one attached hydrogen (secondary N) is 2. The molecule has 0 bridgehead atoms. The van der Waals surface area contributed by atoms with Crippen LogP contribution in [0.15, 0.2) is 30.6 Å². The number of aliphatic hydroxyl groups is 1. The Balaban J connectivity index is 1.75. The van der Waals surface area contributed by atoms with E-state index in [9.17, 15) is 9.90 Å². The number of carbonyl (C=O) groups excluding carboxylic acids is 1. The van der Waals surface area contributed by atoms with E-state index >= 15 is 0 Å². The topological polar surface area (TPSA) is 103 Å². The minimum Gasteiger partial charge on any atom is -0.389 e. The number of hydrogen-bond donors (Lipinski definition) is 3. The highest BCUT2D eigenvalue weighted by atomic mass is 16.3. The van der Waals surface area contributed by atoms with Crippen LogP contribution in [0.1, 0.15) is 10.4 Å². The standard InChI is InChI=1S/C14H16N6O2/c1-15-12(22)9-3-2-4-10(5-9)18-13-16-8-17-14(19-13)20-6-11(21)7-20/h2-5,8,11,21H,6-7H2,1H3,(H,15,22)(H,16,17,18,19). The van der Waals surface area contributed by atoms with E-state index in [1.165, 1.54) is 6.33 Å². The summed E-state index contributed by atoms with van der Waals surface area (Å²) in [5.41, 5.74) is 1.26. The SMILES string of the molecule is CNC(=O)c1cccc(Nc2ncnc(N3CC(O)C3)n2)c1. The molecule has 8 nitrogen and oxygen atoms in total. The van der Waals surface area contributed by atoms with Crippen molar-refractivity contribution in [3.8, 4) is 0 Å². The largest absolute Gasteiger partial charge is 0.389 e. The van der Waals surface area contributed by atoms with Crippen LogP contribution < -0.4 is 15.5 Å². The summed E-state index contributed by atoms with van der Waals surface area (Å²) in [6, 6.07) is 7.05. The van der Waals surface area contributed by atoms with Gasteiger partial charge in [0, 0.05) is 31.4 Å². The van der Waals surface area contributed by atoms with E-state index in [0.717, 1.165) is 0 Å². The van der Waals surface area contributed by atoms with Gasteiger partial charge in [0.15, 0.2) is 0 Å². The molecule has 1 amide bonds. The van der Waals surface area contributed by atoms with Crippen LogP contribution in [0.2, 0.25) is 0 Å². The second kappa shape index (κ2) is 5.94. The molecule has 114 valence electrons. The molecule has 0 aliphatic carbocycles. The summed E-state index contributed by atoms with van der Waals surface area (Å²) in [5, 5.41) is 14.9. The van der Waals surface area contributed by atoms with Crippen molar-refractivity contribution in [2.75, 3.05) is 30.4 Å². The van der Waals surface area contributed by atoms with Crippen LogP contribution in [0.3, 0.4) is 0 Å². The first-order valence-electron chi connectivity index (χ1n) is 6.87. The molecule has 0 spiro atoms. The molecule has 2 aromatic rings. The van der Waals surface area contributed by atoms with Crippen molar-refractivity contribution in [1.29, 1.82) is 0 Å². The smallest absolute Gasteiger partial charge is 0.251 e. The number of hydrogen-bond acceptors (Lipinski definition) is 7. The van der Waals surface area contributed by atoms with Gasteiger partial charge in [-0.2, -0.15) is 4.98 Å². The Labute approximate surface area is 127 Å². The molecular weight excluding hydrogens is 284 g/mol. The van der Waals surface area contributed by atoms with E-state index in [1.54, 1.807) is 25.2 Å². The molecule has 8 heteroatoms. The lowest BCUT2D eigenvalue weighted by molar-refractivity contribution is 0.0963. The van der Waals surface area contributed by atoms with Crippen molar-refractivity contribution in [1.82, 2.24) is 20.3 Å². The van der Waals surface area contributed by atoms with Gasteiger partial charge in [-0.05, 0) is 18.2 Å². The maximum atomic E-state index is 11.6. The number of aromatic nitrogens is 3. The van der Waals surface area contributed by atoms with Gasteiger partial charge >= 0.3 is 0 Å². The molecule has 0 atom stereocenters. The number of β-amino-alcohol motifs (C(OH)–C–C–N with tert-alkyl or cyclic N) is 1. The molecule has 1 aliphatic rings. The van der Waals surface area contributed by atoms with Gasteiger partial charge in [-0.3, -0.25) is 4.79 Å². The zero-order chi connectivity index (χ0) is 15.5. The molecule has 1 aliphatic heterocycles. The number of benzene rings is 1. The van der Waals surface area contributed by atoms with Gasteiger partial charge in [0.25, 0.3) is 5.91 Å². The van der Waals surface area contributed by atoms with E-state index in [0.29, 0.717) is 36.2 Å². The maximum absolute atomic E-state index is 11.6. The predicted octanol–water partition coefficient (Wildman–Crippen LogP) is 0.156. The zero-order valence-corrected chi connectivity index (χ0v) is 12.0. The third kappa shape index (κ3) is 2.96. The maximum Gasteiger partial charge on any atom is 0.251 e. The van der Waals surface area contributed by atoms with Gasteiger partial charge in [0.1, 0.15) is 6.33 Å². The first-order chi connectivity index (χ1) is 10.7. The lowest BCUT2D eigenvalue weighted by atomic mass is 10.2. The number of amides is 1. The van der Waals surface area contributed by atoms with Crippen LogP contribution in [0.25, 0.3) is 0 Å². The van der Waals surface area contributed by atoms with Gasteiger partial charge in [-0.15, -0.1) is 0 Å². The van der Waals surface area contributed by atoms with E-state index in [4.69, 9.17) is 0 Å². The summed E-state index contributed by atoms with van der Waals surface area (Å²) in [6.07, 6.45) is 1.09. The number of rotatable bonds is 4. The van der Waals surface area contributed by atoms with Crippen LogP contribution in [0.5, 0.6) is 0 Å². The molecule has 1 fully saturated rings. The second-order valence-electron chi connectivity index (χ2n) is 4.95. The van der Waals surface area contributed by atoms with Crippen molar-refractivity contribution >= 4 is 23.5 Å². The molecule has 0 saturated carbocycles. The molecule has 1 aromatic heterocycles. The molecule has 3 N–H and O–H groups in total. The monoisotopic (exact) mass is 300 g/mol. The highest BCUT2D eigenvalue weighted by Crippen LogP contribution is 2.19. The minimum atomic E-state index is -0.322. The third-order valence-corrected chi connectivity index (χ3v) is 3.31. The lowest BCUT2D eigenvalue weighted by Crippen LogP contribution is -2.51. The molecule has 0 unspecified atom stereocenters. The quantitative estimate of drug-likeness (QED) is 0.738. The summed E-state index contributed by atoms with van der Waals surface area (Å²) in [4.78, 5) is 25.9. The Hall–Kier alpha value is -2.74. The fourth-order valence-electron chi connectivity index (χ4n) is 2.13. The fraction of sp³-hybridized carbons (Fsp3) is 0.286. The Morgan fingerprint density at radius 3 is 2.91 bits per heavy atom. The van der Waals surface area contributed by atoms with Crippen LogP contribution in [-0.4, -0.2) is 52.2 Å². The second-order valence-corrected chi connectivity index (χ2v) is 4.95. The average molecular weight is 300 g/mol. The van der Waals surface area contributed by atoms with E-state index in [2.05, 4.69) is 25.6 Å². The van der Waals surface area contributed by atoms with Gasteiger partial charge in [-0.25, -0.2) is 9.97 Å². The summed E-state index contributed by atoms with van der Waals surface area (Å²) < 4.78 is 0. The summed E-state index contributed by atoms with van der Waals surface area (Å²) in [7, 11) is 1.59. The number of nitrogens with zero attached hydrogens (tertiary/aromatic N) is 4.